The van der Waals surface area contributed by atoms with Crippen LogP contribution in [-0.4, -0.2) is 49.7 Å². The van der Waals surface area contributed by atoms with Gasteiger partial charge in [-0.05, 0) is 44.8 Å². The van der Waals surface area contributed by atoms with Crippen molar-refractivity contribution >= 4 is 23.3 Å². The van der Waals surface area contributed by atoms with Gasteiger partial charge in [0.15, 0.2) is 0 Å². The van der Waals surface area contributed by atoms with Gasteiger partial charge in [0.05, 0.1) is 5.56 Å². The summed E-state index contributed by atoms with van der Waals surface area (Å²) in [6.45, 7) is 4.19. The molecule has 21 heavy (non-hydrogen) atoms. The highest BCUT2D eigenvalue weighted by molar-refractivity contribution is 7.99. The number of hydrogen-bond donors (Lipinski definition) is 2. The van der Waals surface area contributed by atoms with Crippen LogP contribution in [0.15, 0.2) is 23.1 Å². The molecule has 1 heterocycles. The lowest BCUT2D eigenvalue weighted by Gasteiger charge is -2.37. The third-order valence-electron chi connectivity index (χ3n) is 4.11. The van der Waals surface area contributed by atoms with E-state index in [1.54, 1.807) is 11.8 Å². The lowest BCUT2D eigenvalue weighted by atomic mass is 10.0. The summed E-state index contributed by atoms with van der Waals surface area (Å²) < 4.78 is 0. The minimum absolute atomic E-state index is 0.177. The molecule has 0 spiro atoms. The number of rotatable bonds is 5. The summed E-state index contributed by atoms with van der Waals surface area (Å²) in [4.78, 5) is 5.82. The summed E-state index contributed by atoms with van der Waals surface area (Å²) in [6, 6.07) is 6.92. The van der Waals surface area contributed by atoms with Crippen molar-refractivity contribution in [3.63, 3.8) is 0 Å². The first kappa shape index (κ1) is 16.2. The second-order valence-corrected chi connectivity index (χ2v) is 6.98. The molecule has 2 rings (SSSR count). The molecule has 1 aromatic rings. The van der Waals surface area contributed by atoms with Gasteiger partial charge in [0.1, 0.15) is 5.84 Å². The maximum atomic E-state index is 7.95. The van der Waals surface area contributed by atoms with E-state index >= 15 is 0 Å². The largest absolute Gasteiger partial charge is 0.384 e. The quantitative estimate of drug-likeness (QED) is 0.499. The van der Waals surface area contributed by atoms with E-state index in [0.29, 0.717) is 6.04 Å². The third-order valence-corrected chi connectivity index (χ3v) is 5.05. The van der Waals surface area contributed by atoms with Crippen LogP contribution in [0.1, 0.15) is 25.3 Å². The van der Waals surface area contributed by atoms with Gasteiger partial charge < -0.3 is 15.5 Å². The number of hydrogen-bond acceptors (Lipinski definition) is 4. The lowest BCUT2D eigenvalue weighted by molar-refractivity contribution is 0.249. The number of nitrogen functional groups attached to an aromatic ring is 1. The molecule has 116 valence electrons. The number of amidine groups is 1. The highest BCUT2D eigenvalue weighted by atomic mass is 32.2. The minimum Gasteiger partial charge on any atom is -0.384 e. The molecule has 0 aliphatic carbocycles. The summed E-state index contributed by atoms with van der Waals surface area (Å²) >= 11 is 1.76. The van der Waals surface area contributed by atoms with Crippen molar-refractivity contribution in [1.82, 2.24) is 4.90 Å². The van der Waals surface area contributed by atoms with Crippen molar-refractivity contribution in [3.8, 4) is 0 Å². The van der Waals surface area contributed by atoms with Crippen LogP contribution in [0.2, 0.25) is 0 Å². The number of anilines is 1. The second-order valence-electron chi connectivity index (χ2n) is 5.68. The van der Waals surface area contributed by atoms with Crippen molar-refractivity contribution < 1.29 is 0 Å². The van der Waals surface area contributed by atoms with E-state index in [0.717, 1.165) is 47.8 Å². The standard InChI is InChI=1S/C16H26N4S/c1-4-21-14-7-5-6-13(15(14)16(17)18)20-10-8-12(9-11-20)19(2)3/h5-7,12H,4,8-11H2,1-3H3,(H3,17,18). The van der Waals surface area contributed by atoms with Gasteiger partial charge in [-0.3, -0.25) is 5.41 Å². The topological polar surface area (TPSA) is 56.4 Å². The van der Waals surface area contributed by atoms with Crippen molar-refractivity contribution in [1.29, 1.82) is 5.41 Å². The van der Waals surface area contributed by atoms with E-state index in [4.69, 9.17) is 11.1 Å². The molecular weight excluding hydrogens is 280 g/mol. The van der Waals surface area contributed by atoms with Crippen LogP contribution in [-0.2, 0) is 0 Å². The molecule has 1 aromatic carbocycles. The second kappa shape index (κ2) is 7.18. The van der Waals surface area contributed by atoms with Crippen LogP contribution in [0.5, 0.6) is 0 Å². The van der Waals surface area contributed by atoms with Crippen LogP contribution in [0, 0.1) is 5.41 Å². The molecule has 0 aromatic heterocycles. The first-order chi connectivity index (χ1) is 10.0. The van der Waals surface area contributed by atoms with E-state index in [1.807, 2.05) is 0 Å². The van der Waals surface area contributed by atoms with Crippen molar-refractivity contribution in [3.05, 3.63) is 23.8 Å². The molecule has 0 atom stereocenters. The van der Waals surface area contributed by atoms with Gasteiger partial charge in [0, 0.05) is 29.7 Å². The monoisotopic (exact) mass is 306 g/mol. The summed E-state index contributed by atoms with van der Waals surface area (Å²) in [5.41, 5.74) is 7.90. The van der Waals surface area contributed by atoms with Crippen LogP contribution in [0.3, 0.4) is 0 Å². The fourth-order valence-electron chi connectivity index (χ4n) is 2.95. The Kier molecular flexibility index (Phi) is 5.53. The zero-order valence-corrected chi connectivity index (χ0v) is 14.0. The van der Waals surface area contributed by atoms with Crippen LogP contribution in [0.25, 0.3) is 0 Å². The fourth-order valence-corrected chi connectivity index (χ4v) is 3.80. The normalized spacial score (nSPS) is 16.5. The molecule has 1 fully saturated rings. The summed E-state index contributed by atoms with van der Waals surface area (Å²) in [7, 11) is 4.31. The number of thioether (sulfide) groups is 1. The van der Waals surface area contributed by atoms with Gasteiger partial charge in [-0.15, -0.1) is 11.8 Å². The zero-order valence-electron chi connectivity index (χ0n) is 13.2. The zero-order chi connectivity index (χ0) is 15.4. The molecule has 0 bridgehead atoms. The first-order valence-electron chi connectivity index (χ1n) is 7.56. The van der Waals surface area contributed by atoms with E-state index in [2.05, 4.69) is 49.0 Å². The number of benzene rings is 1. The molecule has 1 saturated heterocycles. The molecule has 0 radical (unpaired) electrons. The van der Waals surface area contributed by atoms with Crippen molar-refractivity contribution in [2.75, 3.05) is 37.8 Å². The molecule has 0 amide bonds. The SMILES string of the molecule is CCSc1cccc(N2CCC(N(C)C)CC2)c1C(=N)N. The summed E-state index contributed by atoms with van der Waals surface area (Å²) in [5, 5.41) is 7.95. The average Bonchev–Trinajstić information content (AvgIpc) is 2.47. The number of nitrogens with one attached hydrogen (secondary N) is 1. The highest BCUT2D eigenvalue weighted by Crippen LogP contribution is 2.32. The van der Waals surface area contributed by atoms with Gasteiger partial charge in [-0.25, -0.2) is 0 Å². The molecule has 1 aliphatic heterocycles. The lowest BCUT2D eigenvalue weighted by Crippen LogP contribution is -2.42. The number of nitrogens with two attached hydrogens (primary N) is 1. The average molecular weight is 306 g/mol. The molecule has 3 N–H and O–H groups in total. The molecule has 0 saturated carbocycles. The Labute approximate surface area is 132 Å². The van der Waals surface area contributed by atoms with Crippen LogP contribution < -0.4 is 10.6 Å². The molecular formula is C16H26N4S. The molecule has 4 nitrogen and oxygen atoms in total. The molecule has 0 unspecified atom stereocenters. The van der Waals surface area contributed by atoms with E-state index in [-0.39, 0.29) is 5.84 Å². The highest BCUT2D eigenvalue weighted by Gasteiger charge is 2.23. The van der Waals surface area contributed by atoms with E-state index in [9.17, 15) is 0 Å². The Morgan fingerprint density at radius 2 is 2.05 bits per heavy atom. The number of nitrogens with zero attached hydrogens (tertiary/aromatic N) is 2. The Hall–Kier alpha value is -1.20. The van der Waals surface area contributed by atoms with Crippen LogP contribution >= 0.6 is 11.8 Å². The van der Waals surface area contributed by atoms with Gasteiger partial charge in [-0.1, -0.05) is 13.0 Å². The Morgan fingerprint density at radius 1 is 1.38 bits per heavy atom. The van der Waals surface area contributed by atoms with Crippen molar-refractivity contribution in [2.24, 2.45) is 5.73 Å². The van der Waals surface area contributed by atoms with Gasteiger partial charge in [-0.2, -0.15) is 0 Å². The van der Waals surface area contributed by atoms with Gasteiger partial charge in [0.2, 0.25) is 0 Å². The van der Waals surface area contributed by atoms with E-state index in [1.165, 1.54) is 0 Å². The predicted molar refractivity (Wildman–Crippen MR) is 92.8 cm³/mol. The summed E-state index contributed by atoms with van der Waals surface area (Å²) in [6.07, 6.45) is 2.32. The smallest absolute Gasteiger partial charge is 0.126 e. The number of piperidine rings is 1. The Bertz CT molecular complexity index is 493. The third kappa shape index (κ3) is 3.71. The molecule has 1 aliphatic rings. The predicted octanol–water partition coefficient (Wildman–Crippen LogP) is 2.61. The van der Waals surface area contributed by atoms with Crippen LogP contribution in [0.4, 0.5) is 5.69 Å². The first-order valence-corrected chi connectivity index (χ1v) is 8.54. The maximum Gasteiger partial charge on any atom is 0.126 e. The molecule has 5 heteroatoms. The Morgan fingerprint density at radius 3 is 2.57 bits per heavy atom. The maximum absolute atomic E-state index is 7.95. The summed E-state index contributed by atoms with van der Waals surface area (Å²) in [5.74, 6) is 1.17. The van der Waals surface area contributed by atoms with Crippen molar-refractivity contribution in [2.45, 2.75) is 30.7 Å². The van der Waals surface area contributed by atoms with E-state index < -0.39 is 0 Å². The van der Waals surface area contributed by atoms with Gasteiger partial charge >= 0.3 is 0 Å². The minimum atomic E-state index is 0.177. The Balaban J connectivity index is 2.24. The fraction of sp³-hybridized carbons (Fsp3) is 0.562. The van der Waals surface area contributed by atoms with Gasteiger partial charge in [0.25, 0.3) is 0 Å².